The van der Waals surface area contributed by atoms with Gasteiger partial charge in [-0.15, -0.1) is 0 Å². The highest BCUT2D eigenvalue weighted by atomic mass is 35.5. The van der Waals surface area contributed by atoms with E-state index in [2.05, 4.69) is 26.7 Å². The third-order valence-electron chi connectivity index (χ3n) is 2.51. The summed E-state index contributed by atoms with van der Waals surface area (Å²) in [6.07, 6.45) is 1.54. The van der Waals surface area contributed by atoms with Gasteiger partial charge >= 0.3 is 0 Å². The molecule has 2 rings (SSSR count). The highest BCUT2D eigenvalue weighted by Gasteiger charge is 2.04. The molecule has 0 aliphatic heterocycles. The van der Waals surface area contributed by atoms with Crippen LogP contribution in [0.1, 0.15) is 11.1 Å². The summed E-state index contributed by atoms with van der Waals surface area (Å²) in [4.78, 5) is 8.23. The smallest absolute Gasteiger partial charge is 0.224 e. The number of benzene rings is 1. The van der Waals surface area contributed by atoms with Crippen LogP contribution in [0, 0.1) is 11.3 Å². The zero-order valence-electron chi connectivity index (χ0n) is 10.3. The molecule has 0 saturated heterocycles. The van der Waals surface area contributed by atoms with Crippen LogP contribution in [0.2, 0.25) is 5.02 Å². The molecule has 0 atom stereocenters. The number of nitrogens with one attached hydrogen (secondary N) is 2. The fourth-order valence-corrected chi connectivity index (χ4v) is 1.65. The van der Waals surface area contributed by atoms with Gasteiger partial charge in [0.1, 0.15) is 5.02 Å². The summed E-state index contributed by atoms with van der Waals surface area (Å²) in [6, 6.07) is 9.41. The molecule has 0 spiro atoms. The molecule has 0 aliphatic carbocycles. The summed E-state index contributed by atoms with van der Waals surface area (Å²) in [7, 11) is 1.74. The summed E-state index contributed by atoms with van der Waals surface area (Å²) in [5.41, 5.74) is 1.68. The Morgan fingerprint density at radius 2 is 2.05 bits per heavy atom. The summed E-state index contributed by atoms with van der Waals surface area (Å²) >= 11 is 6.01. The predicted molar refractivity (Wildman–Crippen MR) is 75.1 cm³/mol. The molecule has 1 aromatic heterocycles. The number of anilines is 2. The van der Waals surface area contributed by atoms with Crippen molar-refractivity contribution < 1.29 is 0 Å². The first-order valence-electron chi connectivity index (χ1n) is 5.66. The van der Waals surface area contributed by atoms with Gasteiger partial charge in [-0.3, -0.25) is 0 Å². The zero-order valence-corrected chi connectivity index (χ0v) is 11.1. The third kappa shape index (κ3) is 3.33. The molecule has 0 amide bonds. The van der Waals surface area contributed by atoms with Crippen molar-refractivity contribution >= 4 is 23.4 Å². The molecule has 0 aliphatic rings. The van der Waals surface area contributed by atoms with E-state index in [1.807, 2.05) is 12.1 Å². The second kappa shape index (κ2) is 6.03. The molecule has 19 heavy (non-hydrogen) atoms. The molecular weight excluding hydrogens is 262 g/mol. The first-order valence-corrected chi connectivity index (χ1v) is 6.04. The van der Waals surface area contributed by atoms with Gasteiger partial charge in [0.2, 0.25) is 5.95 Å². The van der Waals surface area contributed by atoms with Crippen molar-refractivity contribution in [3.63, 3.8) is 0 Å². The van der Waals surface area contributed by atoms with Gasteiger partial charge in [0.05, 0.1) is 17.8 Å². The van der Waals surface area contributed by atoms with E-state index >= 15 is 0 Å². The second-order valence-electron chi connectivity index (χ2n) is 3.80. The van der Waals surface area contributed by atoms with Crippen LogP contribution in [-0.4, -0.2) is 17.0 Å². The molecule has 0 bridgehead atoms. The fraction of sp³-hybridized carbons (Fsp3) is 0.154. The average molecular weight is 274 g/mol. The minimum atomic E-state index is 0.465. The van der Waals surface area contributed by atoms with E-state index in [1.54, 1.807) is 25.4 Å². The quantitative estimate of drug-likeness (QED) is 0.896. The van der Waals surface area contributed by atoms with Crippen LogP contribution in [0.25, 0.3) is 0 Å². The largest absolute Gasteiger partial charge is 0.365 e. The molecule has 5 nitrogen and oxygen atoms in total. The second-order valence-corrected chi connectivity index (χ2v) is 4.21. The molecule has 1 heterocycles. The number of aromatic nitrogens is 2. The van der Waals surface area contributed by atoms with Crippen LogP contribution < -0.4 is 10.6 Å². The Hall–Kier alpha value is -2.32. The van der Waals surface area contributed by atoms with Gasteiger partial charge in [-0.25, -0.2) is 4.98 Å². The standard InChI is InChI=1S/C13H12ClN5/c1-16-13-18-8-11(14)12(19-13)17-7-10-4-2-9(6-15)3-5-10/h2-5,8H,7H2,1H3,(H2,16,17,18,19). The lowest BCUT2D eigenvalue weighted by Crippen LogP contribution is -2.05. The van der Waals surface area contributed by atoms with Crippen molar-refractivity contribution in [1.82, 2.24) is 9.97 Å². The summed E-state index contributed by atoms with van der Waals surface area (Å²) in [5, 5.41) is 15.2. The number of hydrogen-bond acceptors (Lipinski definition) is 5. The maximum Gasteiger partial charge on any atom is 0.224 e. The van der Waals surface area contributed by atoms with Crippen molar-refractivity contribution in [2.75, 3.05) is 17.7 Å². The van der Waals surface area contributed by atoms with Gasteiger partial charge in [0, 0.05) is 13.6 Å². The molecule has 0 radical (unpaired) electrons. The van der Waals surface area contributed by atoms with E-state index in [-0.39, 0.29) is 0 Å². The molecule has 2 aromatic rings. The number of halogens is 1. The average Bonchev–Trinajstić information content (AvgIpc) is 2.47. The normalized spacial score (nSPS) is 9.74. The maximum atomic E-state index is 8.72. The van der Waals surface area contributed by atoms with E-state index in [1.165, 1.54) is 0 Å². The molecule has 6 heteroatoms. The van der Waals surface area contributed by atoms with E-state index in [0.717, 1.165) is 5.56 Å². The lowest BCUT2D eigenvalue weighted by Gasteiger charge is -2.08. The highest BCUT2D eigenvalue weighted by Crippen LogP contribution is 2.19. The van der Waals surface area contributed by atoms with Crippen LogP contribution in [0.3, 0.4) is 0 Å². The molecule has 0 fully saturated rings. The minimum Gasteiger partial charge on any atom is -0.365 e. The first-order chi connectivity index (χ1) is 9.22. The lowest BCUT2D eigenvalue weighted by atomic mass is 10.1. The Morgan fingerprint density at radius 1 is 1.32 bits per heavy atom. The molecular formula is C13H12ClN5. The van der Waals surface area contributed by atoms with Crippen molar-refractivity contribution in [1.29, 1.82) is 5.26 Å². The van der Waals surface area contributed by atoms with Gasteiger partial charge in [0.25, 0.3) is 0 Å². The Balaban J connectivity index is 2.07. The van der Waals surface area contributed by atoms with Crippen molar-refractivity contribution in [3.8, 4) is 6.07 Å². The van der Waals surface area contributed by atoms with E-state index in [9.17, 15) is 0 Å². The van der Waals surface area contributed by atoms with Crippen LogP contribution in [-0.2, 0) is 6.54 Å². The van der Waals surface area contributed by atoms with Gasteiger partial charge in [0.15, 0.2) is 5.82 Å². The van der Waals surface area contributed by atoms with Crippen LogP contribution in [0.4, 0.5) is 11.8 Å². The van der Waals surface area contributed by atoms with Gasteiger partial charge in [-0.05, 0) is 17.7 Å². The van der Waals surface area contributed by atoms with Crippen molar-refractivity contribution in [2.24, 2.45) is 0 Å². The fourth-order valence-electron chi connectivity index (χ4n) is 1.49. The van der Waals surface area contributed by atoms with Gasteiger partial charge in [-0.1, -0.05) is 23.7 Å². The lowest BCUT2D eigenvalue weighted by molar-refractivity contribution is 1.08. The Labute approximate surface area is 116 Å². The Bertz CT molecular complexity index is 603. The molecule has 0 saturated carbocycles. The van der Waals surface area contributed by atoms with Gasteiger partial charge < -0.3 is 10.6 Å². The van der Waals surface area contributed by atoms with Crippen LogP contribution in [0.5, 0.6) is 0 Å². The summed E-state index contributed by atoms with van der Waals surface area (Å²) < 4.78 is 0. The molecule has 2 N–H and O–H groups in total. The third-order valence-corrected chi connectivity index (χ3v) is 2.79. The van der Waals surface area contributed by atoms with Crippen LogP contribution >= 0.6 is 11.6 Å². The molecule has 1 aromatic carbocycles. The van der Waals surface area contributed by atoms with E-state index in [0.29, 0.717) is 28.9 Å². The van der Waals surface area contributed by atoms with E-state index < -0.39 is 0 Å². The molecule has 96 valence electrons. The predicted octanol–water partition coefficient (Wildman–Crippen LogP) is 2.66. The number of nitrogens with zero attached hydrogens (tertiary/aromatic N) is 3. The SMILES string of the molecule is CNc1ncc(Cl)c(NCc2ccc(C#N)cc2)n1. The number of hydrogen-bond donors (Lipinski definition) is 2. The van der Waals surface area contributed by atoms with Crippen LogP contribution in [0.15, 0.2) is 30.5 Å². The first kappa shape index (κ1) is 13.1. The van der Waals surface area contributed by atoms with Crippen molar-refractivity contribution in [2.45, 2.75) is 6.54 Å². The van der Waals surface area contributed by atoms with E-state index in [4.69, 9.17) is 16.9 Å². The molecule has 0 unspecified atom stereocenters. The number of rotatable bonds is 4. The number of nitriles is 1. The van der Waals surface area contributed by atoms with Crippen molar-refractivity contribution in [3.05, 3.63) is 46.6 Å². The maximum absolute atomic E-state index is 8.72. The summed E-state index contributed by atoms with van der Waals surface area (Å²) in [6.45, 7) is 0.575. The minimum absolute atomic E-state index is 0.465. The van der Waals surface area contributed by atoms with Gasteiger partial charge in [-0.2, -0.15) is 10.2 Å². The highest BCUT2D eigenvalue weighted by molar-refractivity contribution is 6.32. The summed E-state index contributed by atoms with van der Waals surface area (Å²) in [5.74, 6) is 1.08. The topological polar surface area (TPSA) is 73.6 Å². The zero-order chi connectivity index (χ0) is 13.7. The monoisotopic (exact) mass is 273 g/mol. The Morgan fingerprint density at radius 3 is 2.68 bits per heavy atom. The Kier molecular flexibility index (Phi) is 4.16.